The van der Waals surface area contributed by atoms with Crippen LogP contribution in [0.1, 0.15) is 44.9 Å². The lowest BCUT2D eigenvalue weighted by atomic mass is 10.0. The largest absolute Gasteiger partial charge is 0.375 e. The molecule has 2 N–H and O–H groups in total. The van der Waals surface area contributed by atoms with E-state index in [1.807, 2.05) is 11.7 Å². The second-order valence-corrected chi connectivity index (χ2v) is 6.24. The highest BCUT2D eigenvalue weighted by Crippen LogP contribution is 2.29. The standard InChI is InChI=1S/C16H30N4O/c1-6-13(17)8-15-12(4)18-19(5)16(15)20-9-11(3)21-10-14(20)7-2/h11,13-14H,6-10,17H2,1-5H3. The van der Waals surface area contributed by atoms with Crippen molar-refractivity contribution in [3.63, 3.8) is 0 Å². The van der Waals surface area contributed by atoms with Gasteiger partial charge in [-0.15, -0.1) is 0 Å². The Hall–Kier alpha value is -1.07. The van der Waals surface area contributed by atoms with Crippen molar-refractivity contribution >= 4 is 5.82 Å². The third-order valence-corrected chi connectivity index (χ3v) is 4.51. The molecule has 2 heterocycles. The molecule has 5 heteroatoms. The Bertz CT molecular complexity index is 471. The maximum atomic E-state index is 6.20. The van der Waals surface area contributed by atoms with Crippen LogP contribution in [0, 0.1) is 6.92 Å². The quantitative estimate of drug-likeness (QED) is 0.902. The van der Waals surface area contributed by atoms with Crippen molar-refractivity contribution in [3.05, 3.63) is 11.3 Å². The van der Waals surface area contributed by atoms with E-state index in [0.29, 0.717) is 6.04 Å². The minimum Gasteiger partial charge on any atom is -0.375 e. The third kappa shape index (κ3) is 3.40. The molecule has 0 spiro atoms. The van der Waals surface area contributed by atoms with Gasteiger partial charge in [0.05, 0.1) is 24.4 Å². The van der Waals surface area contributed by atoms with E-state index in [-0.39, 0.29) is 12.1 Å². The van der Waals surface area contributed by atoms with Crippen LogP contribution in [0.2, 0.25) is 0 Å². The van der Waals surface area contributed by atoms with Gasteiger partial charge in [-0.2, -0.15) is 5.10 Å². The first kappa shape index (κ1) is 16.3. The van der Waals surface area contributed by atoms with Crippen LogP contribution in [-0.2, 0) is 18.2 Å². The molecule has 3 unspecified atom stereocenters. The monoisotopic (exact) mass is 294 g/mol. The van der Waals surface area contributed by atoms with E-state index in [9.17, 15) is 0 Å². The Kier molecular flexibility index (Phi) is 5.27. The normalized spacial score (nSPS) is 24.4. The van der Waals surface area contributed by atoms with Gasteiger partial charge in [-0.3, -0.25) is 4.68 Å². The lowest BCUT2D eigenvalue weighted by molar-refractivity contribution is 0.0292. The molecule has 2 rings (SSSR count). The summed E-state index contributed by atoms with van der Waals surface area (Å²) in [5.41, 5.74) is 8.60. The fourth-order valence-corrected chi connectivity index (χ4v) is 3.14. The van der Waals surface area contributed by atoms with Crippen LogP contribution >= 0.6 is 0 Å². The zero-order valence-corrected chi connectivity index (χ0v) is 14.1. The fraction of sp³-hybridized carbons (Fsp3) is 0.812. The molecular formula is C16H30N4O. The van der Waals surface area contributed by atoms with Gasteiger partial charge in [-0.1, -0.05) is 13.8 Å². The second kappa shape index (κ2) is 6.79. The van der Waals surface area contributed by atoms with Crippen LogP contribution in [-0.4, -0.2) is 41.1 Å². The summed E-state index contributed by atoms with van der Waals surface area (Å²) in [5, 5.41) is 4.65. The van der Waals surface area contributed by atoms with E-state index in [1.54, 1.807) is 0 Å². The zero-order valence-electron chi connectivity index (χ0n) is 14.1. The Morgan fingerprint density at radius 3 is 2.76 bits per heavy atom. The van der Waals surface area contributed by atoms with E-state index < -0.39 is 0 Å². The third-order valence-electron chi connectivity index (χ3n) is 4.51. The molecule has 0 saturated carbocycles. The number of rotatable bonds is 5. The van der Waals surface area contributed by atoms with Gasteiger partial charge < -0.3 is 15.4 Å². The SMILES string of the molecule is CCC(N)Cc1c(C)nn(C)c1N1CC(C)OCC1CC. The Balaban J connectivity index is 2.36. The van der Waals surface area contributed by atoms with Gasteiger partial charge in [-0.25, -0.2) is 0 Å². The van der Waals surface area contributed by atoms with Gasteiger partial charge in [0.25, 0.3) is 0 Å². The maximum absolute atomic E-state index is 6.20. The molecule has 1 aliphatic rings. The van der Waals surface area contributed by atoms with Crippen LogP contribution in [0.25, 0.3) is 0 Å². The number of morpholine rings is 1. The first-order valence-corrected chi connectivity index (χ1v) is 8.14. The van der Waals surface area contributed by atoms with E-state index in [4.69, 9.17) is 10.5 Å². The lowest BCUT2D eigenvalue weighted by Crippen LogP contribution is -2.49. The van der Waals surface area contributed by atoms with Crippen LogP contribution < -0.4 is 10.6 Å². The van der Waals surface area contributed by atoms with Gasteiger partial charge in [-0.05, 0) is 33.1 Å². The van der Waals surface area contributed by atoms with Crippen LogP contribution in [0.3, 0.4) is 0 Å². The van der Waals surface area contributed by atoms with Crippen molar-refractivity contribution < 1.29 is 4.74 Å². The van der Waals surface area contributed by atoms with Crippen molar-refractivity contribution in [1.29, 1.82) is 0 Å². The highest BCUT2D eigenvalue weighted by Gasteiger charge is 2.30. The van der Waals surface area contributed by atoms with Gasteiger partial charge in [0.1, 0.15) is 5.82 Å². The summed E-state index contributed by atoms with van der Waals surface area (Å²) in [6.45, 7) is 10.3. The number of nitrogens with zero attached hydrogens (tertiary/aromatic N) is 3. The van der Waals surface area contributed by atoms with Crippen molar-refractivity contribution in [2.24, 2.45) is 12.8 Å². The average Bonchev–Trinajstić information content (AvgIpc) is 2.73. The number of anilines is 1. The summed E-state index contributed by atoms with van der Waals surface area (Å²) < 4.78 is 7.85. The van der Waals surface area contributed by atoms with Gasteiger partial charge in [0.2, 0.25) is 0 Å². The smallest absolute Gasteiger partial charge is 0.130 e. The van der Waals surface area contributed by atoms with Gasteiger partial charge in [0, 0.05) is 25.2 Å². The Morgan fingerprint density at radius 1 is 1.43 bits per heavy atom. The van der Waals surface area contributed by atoms with Crippen molar-refractivity contribution in [2.45, 2.75) is 65.1 Å². The number of nitrogens with two attached hydrogens (primary N) is 1. The average molecular weight is 294 g/mol. The molecule has 5 nitrogen and oxygen atoms in total. The molecule has 21 heavy (non-hydrogen) atoms. The second-order valence-electron chi connectivity index (χ2n) is 6.24. The first-order chi connectivity index (χ1) is 9.97. The highest BCUT2D eigenvalue weighted by atomic mass is 16.5. The molecule has 1 fully saturated rings. The molecule has 0 aliphatic carbocycles. The Morgan fingerprint density at radius 2 is 2.14 bits per heavy atom. The predicted octanol–water partition coefficient (Wildman–Crippen LogP) is 2.01. The summed E-state index contributed by atoms with van der Waals surface area (Å²) in [6.07, 6.45) is 3.23. The topological polar surface area (TPSA) is 56.3 Å². The molecular weight excluding hydrogens is 264 g/mol. The number of hydrogen-bond donors (Lipinski definition) is 1. The summed E-state index contributed by atoms with van der Waals surface area (Å²) in [4.78, 5) is 2.48. The Labute approximate surface area is 128 Å². The van der Waals surface area contributed by atoms with E-state index >= 15 is 0 Å². The van der Waals surface area contributed by atoms with Crippen LogP contribution in [0.5, 0.6) is 0 Å². The predicted molar refractivity (Wildman–Crippen MR) is 86.8 cm³/mol. The number of aryl methyl sites for hydroxylation is 2. The van der Waals surface area contributed by atoms with Crippen molar-refractivity contribution in [2.75, 3.05) is 18.1 Å². The van der Waals surface area contributed by atoms with Gasteiger partial charge in [0.15, 0.2) is 0 Å². The van der Waals surface area contributed by atoms with E-state index in [1.165, 1.54) is 11.4 Å². The molecule has 1 saturated heterocycles. The van der Waals surface area contributed by atoms with Crippen LogP contribution in [0.4, 0.5) is 5.82 Å². The molecule has 1 aromatic heterocycles. The van der Waals surface area contributed by atoms with Crippen LogP contribution in [0.15, 0.2) is 0 Å². The molecule has 0 radical (unpaired) electrons. The van der Waals surface area contributed by atoms with Crippen molar-refractivity contribution in [1.82, 2.24) is 9.78 Å². The molecule has 3 atom stereocenters. The van der Waals surface area contributed by atoms with Crippen molar-refractivity contribution in [3.8, 4) is 0 Å². The minimum absolute atomic E-state index is 0.199. The molecule has 0 bridgehead atoms. The maximum Gasteiger partial charge on any atom is 0.130 e. The highest BCUT2D eigenvalue weighted by molar-refractivity contribution is 5.52. The summed E-state index contributed by atoms with van der Waals surface area (Å²) in [7, 11) is 2.04. The molecule has 1 aromatic rings. The zero-order chi connectivity index (χ0) is 15.6. The van der Waals surface area contributed by atoms with E-state index in [0.717, 1.165) is 38.1 Å². The first-order valence-electron chi connectivity index (χ1n) is 8.14. The molecule has 0 amide bonds. The number of ether oxygens (including phenoxy) is 1. The molecule has 0 aromatic carbocycles. The van der Waals surface area contributed by atoms with E-state index in [2.05, 4.69) is 37.7 Å². The number of hydrogen-bond acceptors (Lipinski definition) is 4. The lowest BCUT2D eigenvalue weighted by Gasteiger charge is -2.40. The van der Waals surface area contributed by atoms with Gasteiger partial charge >= 0.3 is 0 Å². The summed E-state index contributed by atoms with van der Waals surface area (Å²) in [5.74, 6) is 1.23. The number of aromatic nitrogens is 2. The molecule has 120 valence electrons. The summed E-state index contributed by atoms with van der Waals surface area (Å²) in [6, 6.07) is 0.623. The minimum atomic E-state index is 0.199. The summed E-state index contributed by atoms with van der Waals surface area (Å²) >= 11 is 0. The molecule has 1 aliphatic heterocycles. The fourth-order valence-electron chi connectivity index (χ4n) is 3.14.